The van der Waals surface area contributed by atoms with Crippen LogP contribution in [0.3, 0.4) is 0 Å². The van der Waals surface area contributed by atoms with Gasteiger partial charge in [-0.1, -0.05) is 42.5 Å². The zero-order valence-electron chi connectivity index (χ0n) is 14.1. The molecule has 0 N–H and O–H groups in total. The van der Waals surface area contributed by atoms with Crippen LogP contribution in [0.1, 0.15) is 11.1 Å². The number of hydrogen-bond donors (Lipinski definition) is 0. The zero-order valence-corrected chi connectivity index (χ0v) is 14.1. The number of hydrogen-bond acceptors (Lipinski definition) is 4. The van der Waals surface area contributed by atoms with Crippen molar-refractivity contribution in [2.24, 2.45) is 0 Å². The number of carbonyl (C=O) groups excluding carboxylic acids is 2. The molecule has 0 fully saturated rings. The molecule has 0 aromatic heterocycles. The summed E-state index contributed by atoms with van der Waals surface area (Å²) in [6.45, 7) is 0. The van der Waals surface area contributed by atoms with E-state index in [1.54, 1.807) is 31.4 Å². The third kappa shape index (κ3) is 2.56. The average Bonchev–Trinajstić information content (AvgIpc) is 2.97. The third-order valence-corrected chi connectivity index (χ3v) is 4.54. The highest BCUT2D eigenvalue weighted by Crippen LogP contribution is 2.46. The van der Waals surface area contributed by atoms with Crippen molar-refractivity contribution in [3.8, 4) is 5.75 Å². The smallest absolute Gasteiger partial charge is 0.340 e. The number of carbonyl (C=O) groups is 2. The number of allylic oxidation sites excluding steroid dienone is 2. The Morgan fingerprint density at radius 3 is 2.12 bits per heavy atom. The number of ketones is 1. The van der Waals surface area contributed by atoms with Gasteiger partial charge in [0, 0.05) is 5.57 Å². The van der Waals surface area contributed by atoms with Crippen LogP contribution in [0.5, 0.6) is 5.75 Å². The summed E-state index contributed by atoms with van der Waals surface area (Å²) in [7, 11) is 1.59. The van der Waals surface area contributed by atoms with Gasteiger partial charge in [0.25, 0.3) is 0 Å². The van der Waals surface area contributed by atoms with Gasteiger partial charge in [-0.2, -0.15) is 0 Å². The van der Waals surface area contributed by atoms with E-state index in [1.165, 1.54) is 12.2 Å². The summed E-state index contributed by atoms with van der Waals surface area (Å²) in [6, 6.07) is 16.9. The van der Waals surface area contributed by atoms with Crippen LogP contribution in [-0.4, -0.2) is 24.5 Å². The summed E-state index contributed by atoms with van der Waals surface area (Å²) in [5.41, 5.74) is 1.76. The molecule has 0 amide bonds. The van der Waals surface area contributed by atoms with Gasteiger partial charge in [-0.3, -0.25) is 4.79 Å². The first-order valence-electron chi connectivity index (χ1n) is 8.23. The molecule has 2 aromatic rings. The third-order valence-electron chi connectivity index (χ3n) is 4.54. The second-order valence-corrected chi connectivity index (χ2v) is 6.10. The standard InChI is InChI=1S/C22H16O4/c1-25-18-9-7-15(8-10-18)19-20(16-5-3-2-4-6-16)22(26-21(19)24)13-11-17(23)12-14-22/h2-14H,1H3. The van der Waals surface area contributed by atoms with Crippen LogP contribution >= 0.6 is 0 Å². The summed E-state index contributed by atoms with van der Waals surface area (Å²) in [4.78, 5) is 24.4. The average molecular weight is 344 g/mol. The van der Waals surface area contributed by atoms with Crippen LogP contribution < -0.4 is 4.74 Å². The molecule has 4 nitrogen and oxygen atoms in total. The van der Waals surface area contributed by atoms with Crippen molar-refractivity contribution in [2.45, 2.75) is 5.60 Å². The molecule has 4 rings (SSSR count). The summed E-state index contributed by atoms with van der Waals surface area (Å²) >= 11 is 0. The van der Waals surface area contributed by atoms with Crippen molar-refractivity contribution in [3.05, 3.63) is 90.0 Å². The van der Waals surface area contributed by atoms with E-state index in [-0.39, 0.29) is 5.78 Å². The quantitative estimate of drug-likeness (QED) is 0.799. The first-order valence-corrected chi connectivity index (χ1v) is 8.23. The lowest BCUT2D eigenvalue weighted by Gasteiger charge is -2.26. The van der Waals surface area contributed by atoms with Gasteiger partial charge in [0.1, 0.15) is 5.75 Å². The molecule has 0 radical (unpaired) electrons. The van der Waals surface area contributed by atoms with E-state index < -0.39 is 11.6 Å². The molecule has 26 heavy (non-hydrogen) atoms. The highest BCUT2D eigenvalue weighted by atomic mass is 16.6. The highest BCUT2D eigenvalue weighted by molar-refractivity contribution is 6.30. The van der Waals surface area contributed by atoms with E-state index >= 15 is 0 Å². The SMILES string of the molecule is COc1ccc(C2=C(c3ccccc3)C3(C=CC(=O)C=C3)OC2=O)cc1. The molecule has 1 heterocycles. The maximum atomic E-state index is 12.8. The number of esters is 1. The van der Waals surface area contributed by atoms with Crippen LogP contribution in [-0.2, 0) is 14.3 Å². The maximum absolute atomic E-state index is 12.8. The minimum atomic E-state index is -1.07. The monoisotopic (exact) mass is 344 g/mol. The van der Waals surface area contributed by atoms with Crippen molar-refractivity contribution >= 4 is 22.9 Å². The lowest BCUT2D eigenvalue weighted by Crippen LogP contribution is -2.28. The molecule has 1 aliphatic heterocycles. The lowest BCUT2D eigenvalue weighted by molar-refractivity contribution is -0.139. The Kier molecular flexibility index (Phi) is 3.81. The molecule has 2 aromatic carbocycles. The largest absolute Gasteiger partial charge is 0.497 e. The van der Waals surface area contributed by atoms with Gasteiger partial charge < -0.3 is 9.47 Å². The summed E-state index contributed by atoms with van der Waals surface area (Å²) < 4.78 is 11.0. The number of rotatable bonds is 3. The Balaban J connectivity index is 1.96. The van der Waals surface area contributed by atoms with Gasteiger partial charge in [0.2, 0.25) is 0 Å². The number of methoxy groups -OCH3 is 1. The molecule has 2 aliphatic rings. The van der Waals surface area contributed by atoms with Crippen molar-refractivity contribution in [3.63, 3.8) is 0 Å². The zero-order chi connectivity index (χ0) is 18.1. The molecular weight excluding hydrogens is 328 g/mol. The molecule has 0 atom stereocenters. The topological polar surface area (TPSA) is 52.6 Å². The first kappa shape index (κ1) is 16.1. The van der Waals surface area contributed by atoms with Crippen LogP contribution in [0.4, 0.5) is 0 Å². The normalized spacial score (nSPS) is 17.7. The van der Waals surface area contributed by atoms with Crippen LogP contribution in [0.15, 0.2) is 78.9 Å². The Morgan fingerprint density at radius 2 is 1.50 bits per heavy atom. The molecular formula is C22H16O4. The first-order chi connectivity index (χ1) is 12.6. The van der Waals surface area contributed by atoms with Crippen LogP contribution in [0.25, 0.3) is 11.1 Å². The fourth-order valence-electron chi connectivity index (χ4n) is 3.31. The summed E-state index contributed by atoms with van der Waals surface area (Å²) in [5, 5.41) is 0. The Bertz CT molecular complexity index is 947. The van der Waals surface area contributed by atoms with E-state index in [9.17, 15) is 9.59 Å². The maximum Gasteiger partial charge on any atom is 0.340 e. The summed E-state index contributed by atoms with van der Waals surface area (Å²) in [5.74, 6) is 0.161. The minimum Gasteiger partial charge on any atom is -0.497 e. The molecule has 1 spiro atoms. The van der Waals surface area contributed by atoms with E-state index in [4.69, 9.17) is 9.47 Å². The van der Waals surface area contributed by atoms with Crippen molar-refractivity contribution in [1.29, 1.82) is 0 Å². The predicted octanol–water partition coefficient (Wildman–Crippen LogP) is 3.60. The van der Waals surface area contributed by atoms with Gasteiger partial charge >= 0.3 is 5.97 Å². The van der Waals surface area contributed by atoms with Gasteiger partial charge in [-0.15, -0.1) is 0 Å². The van der Waals surface area contributed by atoms with Gasteiger partial charge in [-0.25, -0.2) is 4.79 Å². The fourth-order valence-corrected chi connectivity index (χ4v) is 3.31. The molecule has 0 unspecified atom stereocenters. The molecule has 0 bridgehead atoms. The molecule has 128 valence electrons. The van der Waals surface area contributed by atoms with Crippen molar-refractivity contribution in [1.82, 2.24) is 0 Å². The van der Waals surface area contributed by atoms with E-state index in [1.807, 2.05) is 42.5 Å². The summed E-state index contributed by atoms with van der Waals surface area (Å²) in [6.07, 6.45) is 6.17. The van der Waals surface area contributed by atoms with E-state index in [0.717, 1.165) is 16.7 Å². The number of benzene rings is 2. The minimum absolute atomic E-state index is 0.128. The van der Waals surface area contributed by atoms with Crippen molar-refractivity contribution in [2.75, 3.05) is 7.11 Å². The second-order valence-electron chi connectivity index (χ2n) is 6.10. The highest BCUT2D eigenvalue weighted by Gasteiger charge is 2.46. The Labute approximate surface area is 151 Å². The molecule has 4 heteroatoms. The second kappa shape index (κ2) is 6.15. The number of ether oxygens (including phenoxy) is 2. The molecule has 1 aliphatic carbocycles. The van der Waals surface area contributed by atoms with Crippen LogP contribution in [0.2, 0.25) is 0 Å². The molecule has 0 saturated carbocycles. The van der Waals surface area contributed by atoms with E-state index in [0.29, 0.717) is 11.3 Å². The lowest BCUT2D eigenvalue weighted by atomic mass is 9.82. The predicted molar refractivity (Wildman–Crippen MR) is 98.4 cm³/mol. The van der Waals surface area contributed by atoms with Gasteiger partial charge in [0.15, 0.2) is 11.4 Å². The Morgan fingerprint density at radius 1 is 0.846 bits per heavy atom. The van der Waals surface area contributed by atoms with Gasteiger partial charge in [0.05, 0.1) is 12.7 Å². The molecule has 0 saturated heterocycles. The van der Waals surface area contributed by atoms with E-state index in [2.05, 4.69) is 0 Å². The fraction of sp³-hybridized carbons (Fsp3) is 0.0909. The van der Waals surface area contributed by atoms with Crippen molar-refractivity contribution < 1.29 is 19.1 Å². The van der Waals surface area contributed by atoms with Gasteiger partial charge in [-0.05, 0) is 47.6 Å². The van der Waals surface area contributed by atoms with Crippen LogP contribution in [0, 0.1) is 0 Å². The Hall–Kier alpha value is -3.40.